The molecule has 0 fully saturated rings. The van der Waals surface area contributed by atoms with Gasteiger partial charge in [-0.15, -0.1) is 11.3 Å². The number of carbonyl (C=O) groups excluding carboxylic acids is 1. The fraction of sp³-hybridized carbons (Fsp3) is 0.636. The summed E-state index contributed by atoms with van der Waals surface area (Å²) in [6.07, 6.45) is -0.190. The van der Waals surface area contributed by atoms with Crippen molar-refractivity contribution in [2.45, 2.75) is 38.5 Å². The minimum absolute atomic E-state index is 0.403. The summed E-state index contributed by atoms with van der Waals surface area (Å²) in [5, 5.41) is 23.7. The maximum Gasteiger partial charge on any atom is 0.408 e. The molecular formula is C11H18N2O4S. The molecule has 0 aliphatic carbocycles. The number of aliphatic hydroxyl groups excluding tert-OH is 2. The highest BCUT2D eigenvalue weighted by molar-refractivity contribution is 7.09. The van der Waals surface area contributed by atoms with Crippen LogP contribution in [-0.2, 0) is 4.74 Å². The smallest absolute Gasteiger partial charge is 0.408 e. The lowest BCUT2D eigenvalue weighted by Crippen LogP contribution is -2.44. The summed E-state index contributed by atoms with van der Waals surface area (Å²) < 4.78 is 5.05. The number of rotatable bonds is 4. The fourth-order valence-electron chi connectivity index (χ4n) is 1.24. The Hall–Kier alpha value is -1.18. The third kappa shape index (κ3) is 4.59. The number of nitrogens with one attached hydrogen (secondary N) is 1. The first kappa shape index (κ1) is 14.9. The van der Waals surface area contributed by atoms with Crippen LogP contribution in [0.25, 0.3) is 0 Å². The Morgan fingerprint density at radius 2 is 2.28 bits per heavy atom. The maximum absolute atomic E-state index is 11.5. The second-order valence-corrected chi connectivity index (χ2v) is 5.68. The summed E-state index contributed by atoms with van der Waals surface area (Å²) in [5.74, 6) is 0. The van der Waals surface area contributed by atoms with Gasteiger partial charge in [-0.2, -0.15) is 0 Å². The first-order valence-corrected chi connectivity index (χ1v) is 6.39. The molecule has 1 rings (SSSR count). The number of aromatic nitrogens is 1. The van der Waals surface area contributed by atoms with Gasteiger partial charge in [0, 0.05) is 11.6 Å². The van der Waals surface area contributed by atoms with Crippen LogP contribution in [0.4, 0.5) is 4.79 Å². The lowest BCUT2D eigenvalue weighted by Gasteiger charge is -2.24. The van der Waals surface area contributed by atoms with E-state index in [1.807, 2.05) is 0 Å². The van der Waals surface area contributed by atoms with Crippen molar-refractivity contribution >= 4 is 17.4 Å². The third-order valence-electron chi connectivity index (χ3n) is 1.98. The second-order valence-electron chi connectivity index (χ2n) is 4.75. The molecule has 102 valence electrons. The molecule has 1 aromatic heterocycles. The van der Waals surface area contributed by atoms with E-state index in [1.165, 1.54) is 11.3 Å². The highest BCUT2D eigenvalue weighted by Crippen LogP contribution is 2.19. The normalized spacial score (nSPS) is 14.9. The number of alkyl carbamates (subject to hydrolysis) is 1. The van der Waals surface area contributed by atoms with Crippen molar-refractivity contribution in [2.24, 2.45) is 0 Å². The molecule has 0 saturated heterocycles. The largest absolute Gasteiger partial charge is 0.444 e. The molecule has 6 nitrogen and oxygen atoms in total. The molecule has 2 atom stereocenters. The molecule has 0 aliphatic rings. The fourth-order valence-corrected chi connectivity index (χ4v) is 1.92. The van der Waals surface area contributed by atoms with Gasteiger partial charge in [0.15, 0.2) is 0 Å². The topological polar surface area (TPSA) is 91.7 Å². The van der Waals surface area contributed by atoms with Crippen molar-refractivity contribution in [1.82, 2.24) is 10.3 Å². The van der Waals surface area contributed by atoms with Crippen molar-refractivity contribution in [1.29, 1.82) is 0 Å². The molecule has 0 aliphatic heterocycles. The minimum Gasteiger partial charge on any atom is -0.444 e. The molecule has 1 heterocycles. The molecule has 18 heavy (non-hydrogen) atoms. The number of amides is 1. The van der Waals surface area contributed by atoms with Crippen LogP contribution in [0.2, 0.25) is 0 Å². The monoisotopic (exact) mass is 274 g/mol. The van der Waals surface area contributed by atoms with Crippen molar-refractivity contribution in [2.75, 3.05) is 6.61 Å². The summed E-state index contributed by atoms with van der Waals surface area (Å²) in [6.45, 7) is 4.80. The van der Waals surface area contributed by atoms with E-state index in [2.05, 4.69) is 10.3 Å². The van der Waals surface area contributed by atoms with Crippen LogP contribution in [0.3, 0.4) is 0 Å². The Bertz CT molecular complexity index is 375. The molecule has 0 aromatic carbocycles. The number of nitrogens with zero attached hydrogens (tertiary/aromatic N) is 1. The summed E-state index contributed by atoms with van der Waals surface area (Å²) >= 11 is 1.25. The van der Waals surface area contributed by atoms with E-state index in [9.17, 15) is 15.0 Å². The van der Waals surface area contributed by atoms with Crippen LogP contribution in [0, 0.1) is 0 Å². The van der Waals surface area contributed by atoms with E-state index in [0.29, 0.717) is 5.01 Å². The number of aliphatic hydroxyl groups is 2. The summed E-state index contributed by atoms with van der Waals surface area (Å²) in [4.78, 5) is 15.5. The van der Waals surface area contributed by atoms with Crippen LogP contribution in [0.1, 0.15) is 31.9 Å². The molecule has 0 unspecified atom stereocenters. The Morgan fingerprint density at radius 3 is 2.72 bits per heavy atom. The molecule has 0 radical (unpaired) electrons. The Kier molecular flexibility index (Phi) is 5.06. The molecular weight excluding hydrogens is 256 g/mol. The van der Waals surface area contributed by atoms with Crippen molar-refractivity contribution < 1.29 is 19.7 Å². The Morgan fingerprint density at radius 1 is 1.61 bits per heavy atom. The molecule has 1 aromatic rings. The average molecular weight is 274 g/mol. The molecule has 1 amide bonds. The van der Waals surface area contributed by atoms with Gasteiger partial charge in [-0.05, 0) is 20.8 Å². The first-order valence-electron chi connectivity index (χ1n) is 5.51. The summed E-state index contributed by atoms with van der Waals surface area (Å²) in [7, 11) is 0. The predicted molar refractivity (Wildman–Crippen MR) is 67.3 cm³/mol. The van der Waals surface area contributed by atoms with Gasteiger partial charge in [-0.25, -0.2) is 9.78 Å². The molecule has 0 bridgehead atoms. The van der Waals surface area contributed by atoms with E-state index >= 15 is 0 Å². The van der Waals surface area contributed by atoms with Gasteiger partial charge < -0.3 is 20.3 Å². The molecule has 0 spiro atoms. The lowest BCUT2D eigenvalue weighted by atomic mass is 10.2. The van der Waals surface area contributed by atoms with Gasteiger partial charge in [0.05, 0.1) is 12.6 Å². The number of hydrogen-bond acceptors (Lipinski definition) is 6. The Labute approximate surface area is 110 Å². The quantitative estimate of drug-likeness (QED) is 0.763. The number of hydrogen-bond donors (Lipinski definition) is 3. The van der Waals surface area contributed by atoms with Gasteiger partial charge in [0.25, 0.3) is 0 Å². The van der Waals surface area contributed by atoms with Crippen LogP contribution < -0.4 is 5.32 Å². The SMILES string of the molecule is CC(C)(C)OC(=O)N[C@H](CO)[C@H](O)c1nccs1. The van der Waals surface area contributed by atoms with E-state index in [1.54, 1.807) is 32.3 Å². The third-order valence-corrected chi connectivity index (χ3v) is 2.83. The highest BCUT2D eigenvalue weighted by Gasteiger charge is 2.26. The zero-order valence-corrected chi connectivity index (χ0v) is 11.4. The minimum atomic E-state index is -1.05. The lowest BCUT2D eigenvalue weighted by molar-refractivity contribution is 0.0349. The average Bonchev–Trinajstić information content (AvgIpc) is 2.75. The molecule has 0 saturated carbocycles. The van der Waals surface area contributed by atoms with Crippen molar-refractivity contribution in [3.63, 3.8) is 0 Å². The van der Waals surface area contributed by atoms with Gasteiger partial charge >= 0.3 is 6.09 Å². The van der Waals surface area contributed by atoms with E-state index in [-0.39, 0.29) is 0 Å². The number of ether oxygens (including phenoxy) is 1. The van der Waals surface area contributed by atoms with Crippen molar-refractivity contribution in [3.05, 3.63) is 16.6 Å². The first-order chi connectivity index (χ1) is 8.33. The number of thiazole rings is 1. The summed E-state index contributed by atoms with van der Waals surface area (Å²) in [5.41, 5.74) is -0.629. The van der Waals surface area contributed by atoms with Crippen LogP contribution >= 0.6 is 11.3 Å². The summed E-state index contributed by atoms with van der Waals surface area (Å²) in [6, 6.07) is -0.842. The van der Waals surface area contributed by atoms with Gasteiger partial charge in [0.2, 0.25) is 0 Å². The van der Waals surface area contributed by atoms with Crippen LogP contribution in [0.5, 0.6) is 0 Å². The second kappa shape index (κ2) is 6.12. The zero-order chi connectivity index (χ0) is 13.8. The Balaban J connectivity index is 2.59. The molecule has 3 N–H and O–H groups in total. The maximum atomic E-state index is 11.5. The zero-order valence-electron chi connectivity index (χ0n) is 10.6. The highest BCUT2D eigenvalue weighted by atomic mass is 32.1. The molecule has 7 heteroatoms. The van der Waals surface area contributed by atoms with Gasteiger partial charge in [-0.1, -0.05) is 0 Å². The predicted octanol–water partition coefficient (Wildman–Crippen LogP) is 1.06. The van der Waals surface area contributed by atoms with Crippen LogP contribution in [-0.4, -0.2) is 39.5 Å². The number of carbonyl (C=O) groups is 1. The van der Waals surface area contributed by atoms with Crippen molar-refractivity contribution in [3.8, 4) is 0 Å². The van der Waals surface area contributed by atoms with E-state index in [4.69, 9.17) is 4.74 Å². The van der Waals surface area contributed by atoms with E-state index < -0.39 is 30.4 Å². The van der Waals surface area contributed by atoms with E-state index in [0.717, 1.165) is 0 Å². The standard InChI is InChI=1S/C11H18N2O4S/c1-11(2,3)17-10(16)13-7(6-14)8(15)9-12-4-5-18-9/h4-5,7-8,14-15H,6H2,1-3H3,(H,13,16)/t7-,8+/m1/s1. The van der Waals surface area contributed by atoms with Gasteiger partial charge in [-0.3, -0.25) is 0 Å². The van der Waals surface area contributed by atoms with Crippen LogP contribution in [0.15, 0.2) is 11.6 Å². The van der Waals surface area contributed by atoms with Gasteiger partial charge in [0.1, 0.15) is 16.7 Å².